The third-order valence-electron chi connectivity index (χ3n) is 1.37. The maximum atomic E-state index is 4.34. The second kappa shape index (κ2) is 2.53. The first-order valence-electron chi connectivity index (χ1n) is 3.14. The van der Waals surface area contributed by atoms with Gasteiger partial charge in [-0.15, -0.1) is 11.3 Å². The number of nitrogens with zero attached hydrogens (tertiary/aromatic N) is 2. The molecule has 0 saturated heterocycles. The van der Waals surface area contributed by atoms with Crippen LogP contribution in [0.5, 0.6) is 0 Å². The van der Waals surface area contributed by atoms with Crippen molar-refractivity contribution in [1.29, 1.82) is 0 Å². The Hall–Kier alpha value is -0.480. The number of aryl methyl sites for hydroxylation is 1. The molecule has 0 bridgehead atoms. The Morgan fingerprint density at radius 1 is 1.45 bits per heavy atom. The van der Waals surface area contributed by atoms with E-state index in [2.05, 4.69) is 25.9 Å². The summed E-state index contributed by atoms with van der Waals surface area (Å²) in [5.74, 6) is 0. The van der Waals surface area contributed by atoms with Gasteiger partial charge in [-0.2, -0.15) is 0 Å². The molecule has 56 valence electrons. The largest absolute Gasteiger partial charge is 0.262 e. The second-order valence-corrected chi connectivity index (χ2v) is 4.29. The van der Waals surface area contributed by atoms with Gasteiger partial charge in [0.1, 0.15) is 0 Å². The standard InChI is InChI=1S/C7H5BrN2S/c1-4-10-7-5(8)2-9-3-6(7)11-4/h2-3H,1H3. The third kappa shape index (κ3) is 1.16. The average Bonchev–Trinajstić information content (AvgIpc) is 2.31. The van der Waals surface area contributed by atoms with E-state index in [1.807, 2.05) is 13.1 Å². The number of rotatable bonds is 0. The van der Waals surface area contributed by atoms with Gasteiger partial charge in [0.2, 0.25) is 0 Å². The molecule has 2 aromatic rings. The van der Waals surface area contributed by atoms with Crippen LogP contribution in [-0.4, -0.2) is 9.97 Å². The Kier molecular flexibility index (Phi) is 1.65. The van der Waals surface area contributed by atoms with Gasteiger partial charge in [-0.3, -0.25) is 4.98 Å². The first kappa shape index (κ1) is 7.18. The molecule has 2 aromatic heterocycles. The van der Waals surface area contributed by atoms with Gasteiger partial charge in [0, 0.05) is 12.4 Å². The highest BCUT2D eigenvalue weighted by atomic mass is 79.9. The van der Waals surface area contributed by atoms with Gasteiger partial charge in [-0.1, -0.05) is 0 Å². The number of hydrogen-bond acceptors (Lipinski definition) is 3. The van der Waals surface area contributed by atoms with E-state index in [1.54, 1.807) is 17.5 Å². The van der Waals surface area contributed by atoms with Gasteiger partial charge in [-0.05, 0) is 22.9 Å². The number of hydrogen-bond donors (Lipinski definition) is 0. The van der Waals surface area contributed by atoms with Crippen LogP contribution in [0.4, 0.5) is 0 Å². The molecule has 2 heterocycles. The molecule has 0 unspecified atom stereocenters. The van der Waals surface area contributed by atoms with Crippen molar-refractivity contribution in [2.24, 2.45) is 0 Å². The lowest BCUT2D eigenvalue weighted by molar-refractivity contribution is 1.30. The Balaban J connectivity index is 2.90. The topological polar surface area (TPSA) is 25.8 Å². The summed E-state index contributed by atoms with van der Waals surface area (Å²) in [6, 6.07) is 0. The van der Waals surface area contributed by atoms with E-state index in [-0.39, 0.29) is 0 Å². The molecular formula is C7H5BrN2S. The van der Waals surface area contributed by atoms with Crippen LogP contribution >= 0.6 is 27.3 Å². The molecule has 0 saturated carbocycles. The van der Waals surface area contributed by atoms with Crippen molar-refractivity contribution in [2.75, 3.05) is 0 Å². The smallest absolute Gasteiger partial charge is 0.0988 e. The summed E-state index contributed by atoms with van der Waals surface area (Å²) >= 11 is 5.05. The number of aromatic nitrogens is 2. The summed E-state index contributed by atoms with van der Waals surface area (Å²) in [4.78, 5) is 8.39. The van der Waals surface area contributed by atoms with Crippen molar-refractivity contribution in [3.05, 3.63) is 21.9 Å². The molecule has 0 amide bonds. The molecule has 0 aliphatic carbocycles. The van der Waals surface area contributed by atoms with Gasteiger partial charge in [0.15, 0.2) is 0 Å². The summed E-state index contributed by atoms with van der Waals surface area (Å²) in [6.07, 6.45) is 3.60. The van der Waals surface area contributed by atoms with E-state index >= 15 is 0 Å². The molecule has 2 nitrogen and oxygen atoms in total. The SMILES string of the molecule is Cc1nc2c(Br)cncc2s1. The average molecular weight is 229 g/mol. The molecule has 11 heavy (non-hydrogen) atoms. The van der Waals surface area contributed by atoms with E-state index in [0.29, 0.717) is 0 Å². The van der Waals surface area contributed by atoms with Crippen LogP contribution in [0.15, 0.2) is 16.9 Å². The van der Waals surface area contributed by atoms with Gasteiger partial charge < -0.3 is 0 Å². The van der Waals surface area contributed by atoms with E-state index in [0.717, 1.165) is 19.7 Å². The van der Waals surface area contributed by atoms with E-state index in [4.69, 9.17) is 0 Å². The third-order valence-corrected chi connectivity index (χ3v) is 2.85. The Morgan fingerprint density at radius 3 is 3.00 bits per heavy atom. The molecule has 0 fully saturated rings. The van der Waals surface area contributed by atoms with Crippen LogP contribution in [0.25, 0.3) is 10.2 Å². The number of pyridine rings is 1. The number of thiazole rings is 1. The molecule has 0 atom stereocenters. The fraction of sp³-hybridized carbons (Fsp3) is 0.143. The van der Waals surface area contributed by atoms with Crippen LogP contribution < -0.4 is 0 Å². The summed E-state index contributed by atoms with van der Waals surface area (Å²) < 4.78 is 2.11. The molecule has 0 aliphatic rings. The predicted molar refractivity (Wildman–Crippen MR) is 49.9 cm³/mol. The normalized spacial score (nSPS) is 10.7. The Morgan fingerprint density at radius 2 is 2.27 bits per heavy atom. The summed E-state index contributed by atoms with van der Waals surface area (Å²) in [5.41, 5.74) is 1.02. The van der Waals surface area contributed by atoms with Crippen molar-refractivity contribution in [3.8, 4) is 0 Å². The Bertz CT molecular complexity index is 396. The zero-order valence-electron chi connectivity index (χ0n) is 5.84. The fourth-order valence-corrected chi connectivity index (χ4v) is 2.31. The lowest BCUT2D eigenvalue weighted by Crippen LogP contribution is -1.73. The first-order valence-corrected chi connectivity index (χ1v) is 4.75. The minimum Gasteiger partial charge on any atom is -0.262 e. The molecular weight excluding hydrogens is 224 g/mol. The minimum absolute atomic E-state index is 0.972. The highest BCUT2D eigenvalue weighted by molar-refractivity contribution is 9.10. The molecule has 0 aromatic carbocycles. The zero-order chi connectivity index (χ0) is 7.84. The van der Waals surface area contributed by atoms with E-state index in [1.165, 1.54) is 0 Å². The molecule has 0 spiro atoms. The van der Waals surface area contributed by atoms with Crippen LogP contribution in [0.2, 0.25) is 0 Å². The van der Waals surface area contributed by atoms with Gasteiger partial charge in [0.05, 0.1) is 19.7 Å². The summed E-state index contributed by atoms with van der Waals surface area (Å²) in [5, 5.41) is 1.08. The van der Waals surface area contributed by atoms with Crippen molar-refractivity contribution in [2.45, 2.75) is 6.92 Å². The summed E-state index contributed by atoms with van der Waals surface area (Å²) in [6.45, 7) is 2.00. The lowest BCUT2D eigenvalue weighted by atomic mass is 10.4. The lowest BCUT2D eigenvalue weighted by Gasteiger charge is -1.87. The van der Waals surface area contributed by atoms with Crippen LogP contribution in [-0.2, 0) is 0 Å². The van der Waals surface area contributed by atoms with Crippen molar-refractivity contribution in [3.63, 3.8) is 0 Å². The maximum Gasteiger partial charge on any atom is 0.0988 e. The highest BCUT2D eigenvalue weighted by Crippen LogP contribution is 2.26. The molecule has 2 rings (SSSR count). The molecule has 4 heteroatoms. The first-order chi connectivity index (χ1) is 5.27. The van der Waals surface area contributed by atoms with Gasteiger partial charge in [-0.25, -0.2) is 4.98 Å². The molecule has 0 N–H and O–H groups in total. The minimum atomic E-state index is 0.972. The second-order valence-electron chi connectivity index (χ2n) is 2.20. The summed E-state index contributed by atoms with van der Waals surface area (Å²) in [7, 11) is 0. The molecule has 0 aliphatic heterocycles. The van der Waals surface area contributed by atoms with Crippen LogP contribution in [0.1, 0.15) is 5.01 Å². The van der Waals surface area contributed by atoms with Gasteiger partial charge in [0.25, 0.3) is 0 Å². The number of halogens is 1. The zero-order valence-corrected chi connectivity index (χ0v) is 8.24. The highest BCUT2D eigenvalue weighted by Gasteiger charge is 2.02. The molecule has 0 radical (unpaired) electrons. The van der Waals surface area contributed by atoms with Crippen molar-refractivity contribution >= 4 is 37.5 Å². The van der Waals surface area contributed by atoms with Crippen LogP contribution in [0.3, 0.4) is 0 Å². The van der Waals surface area contributed by atoms with Crippen molar-refractivity contribution < 1.29 is 0 Å². The number of fused-ring (bicyclic) bond motifs is 1. The Labute approximate surface area is 76.4 Å². The maximum absolute atomic E-state index is 4.34. The predicted octanol–water partition coefficient (Wildman–Crippen LogP) is 2.76. The fourth-order valence-electron chi connectivity index (χ4n) is 0.933. The van der Waals surface area contributed by atoms with E-state index < -0.39 is 0 Å². The van der Waals surface area contributed by atoms with E-state index in [9.17, 15) is 0 Å². The van der Waals surface area contributed by atoms with Gasteiger partial charge >= 0.3 is 0 Å². The quantitative estimate of drug-likeness (QED) is 0.694. The van der Waals surface area contributed by atoms with Crippen LogP contribution in [0, 0.1) is 6.92 Å². The monoisotopic (exact) mass is 228 g/mol. The van der Waals surface area contributed by atoms with Crippen molar-refractivity contribution in [1.82, 2.24) is 9.97 Å².